The molecule has 10 heteroatoms. The monoisotopic (exact) mass is 459 g/mol. The standard InChI is InChI=1S/C21H27F2NO6S/c1-6-21(22,23)31(25,26)24(13-15-7-9-17(27-2)11-19(15)29-4)14-16-8-10-18(28-3)12-20(16)30-5/h7-12H,6,13-14H2,1-5H3. The van der Waals surface area contributed by atoms with Crippen LogP contribution in [0.4, 0.5) is 8.78 Å². The molecule has 0 unspecified atom stereocenters. The number of hydrogen-bond acceptors (Lipinski definition) is 6. The van der Waals surface area contributed by atoms with Gasteiger partial charge in [-0.15, -0.1) is 0 Å². The van der Waals surface area contributed by atoms with Gasteiger partial charge in [0.25, 0.3) is 10.0 Å². The summed E-state index contributed by atoms with van der Waals surface area (Å²) in [5.74, 6) is 1.62. The summed E-state index contributed by atoms with van der Waals surface area (Å²) in [4.78, 5) is 0. The molecule has 0 N–H and O–H groups in total. The molecular weight excluding hydrogens is 432 g/mol. The number of benzene rings is 2. The van der Waals surface area contributed by atoms with E-state index in [2.05, 4.69) is 0 Å². The third-order valence-corrected chi connectivity index (χ3v) is 6.79. The lowest BCUT2D eigenvalue weighted by Crippen LogP contribution is -2.42. The van der Waals surface area contributed by atoms with Crippen LogP contribution in [0.5, 0.6) is 23.0 Å². The van der Waals surface area contributed by atoms with E-state index in [1.165, 1.54) is 28.4 Å². The van der Waals surface area contributed by atoms with E-state index in [0.29, 0.717) is 34.1 Å². The lowest BCUT2D eigenvalue weighted by molar-refractivity contribution is 0.0781. The van der Waals surface area contributed by atoms with E-state index in [1.807, 2.05) is 0 Å². The third-order valence-electron chi connectivity index (χ3n) is 4.81. The molecule has 0 radical (unpaired) electrons. The van der Waals surface area contributed by atoms with E-state index < -0.39 is 21.7 Å². The summed E-state index contributed by atoms with van der Waals surface area (Å²) >= 11 is 0. The lowest BCUT2D eigenvalue weighted by Gasteiger charge is -2.28. The van der Waals surface area contributed by atoms with Crippen LogP contribution in [0.3, 0.4) is 0 Å². The third kappa shape index (κ3) is 5.37. The van der Waals surface area contributed by atoms with Crippen molar-refractivity contribution in [2.45, 2.75) is 31.7 Å². The maximum atomic E-state index is 14.5. The minimum absolute atomic E-state index is 0.320. The van der Waals surface area contributed by atoms with Crippen LogP contribution in [0.1, 0.15) is 24.5 Å². The largest absolute Gasteiger partial charge is 0.497 e. The molecular formula is C21H27F2NO6S. The number of sulfonamides is 1. The van der Waals surface area contributed by atoms with E-state index in [-0.39, 0.29) is 13.1 Å². The van der Waals surface area contributed by atoms with Gasteiger partial charge in [0, 0.05) is 42.8 Å². The van der Waals surface area contributed by atoms with Gasteiger partial charge in [0.15, 0.2) is 0 Å². The molecule has 0 aliphatic rings. The van der Waals surface area contributed by atoms with Crippen molar-refractivity contribution in [3.8, 4) is 23.0 Å². The second-order valence-corrected chi connectivity index (χ2v) is 8.68. The highest BCUT2D eigenvalue weighted by Crippen LogP contribution is 2.35. The Balaban J connectivity index is 2.53. The maximum absolute atomic E-state index is 14.5. The molecule has 0 atom stereocenters. The molecule has 0 heterocycles. The highest BCUT2D eigenvalue weighted by Gasteiger charge is 2.47. The zero-order valence-electron chi connectivity index (χ0n) is 18.1. The van der Waals surface area contributed by atoms with Crippen LogP contribution in [0, 0.1) is 0 Å². The molecule has 2 aromatic carbocycles. The van der Waals surface area contributed by atoms with Crippen LogP contribution >= 0.6 is 0 Å². The smallest absolute Gasteiger partial charge is 0.359 e. The van der Waals surface area contributed by atoms with Gasteiger partial charge in [0.1, 0.15) is 23.0 Å². The summed E-state index contributed by atoms with van der Waals surface area (Å²) in [6.07, 6.45) is -0.856. The molecule has 2 aromatic rings. The second-order valence-electron chi connectivity index (χ2n) is 6.62. The van der Waals surface area contributed by atoms with Crippen molar-refractivity contribution in [3.05, 3.63) is 47.5 Å². The Hall–Kier alpha value is -2.59. The molecule has 31 heavy (non-hydrogen) atoms. The van der Waals surface area contributed by atoms with Crippen LogP contribution in [0.15, 0.2) is 36.4 Å². The summed E-state index contributed by atoms with van der Waals surface area (Å²) in [7, 11) is 0.762. The maximum Gasteiger partial charge on any atom is 0.359 e. The molecule has 0 saturated carbocycles. The molecule has 0 spiro atoms. The summed E-state index contributed by atoms with van der Waals surface area (Å²) < 4.78 is 76.3. The van der Waals surface area contributed by atoms with Gasteiger partial charge in [-0.25, -0.2) is 8.42 Å². The first-order valence-corrected chi connectivity index (χ1v) is 10.9. The molecule has 0 aliphatic heterocycles. The zero-order valence-corrected chi connectivity index (χ0v) is 19.0. The van der Waals surface area contributed by atoms with E-state index in [0.717, 1.165) is 11.2 Å². The molecule has 0 bridgehead atoms. The minimum atomic E-state index is -5.00. The van der Waals surface area contributed by atoms with Crippen molar-refractivity contribution >= 4 is 10.0 Å². The van der Waals surface area contributed by atoms with E-state index in [1.54, 1.807) is 36.4 Å². The average molecular weight is 460 g/mol. The Morgan fingerprint density at radius 1 is 0.806 bits per heavy atom. The minimum Gasteiger partial charge on any atom is -0.497 e. The molecule has 0 fully saturated rings. The van der Waals surface area contributed by atoms with Gasteiger partial charge in [-0.2, -0.15) is 13.1 Å². The molecule has 2 rings (SSSR count). The van der Waals surface area contributed by atoms with Gasteiger partial charge in [0.2, 0.25) is 0 Å². The summed E-state index contributed by atoms with van der Waals surface area (Å²) in [6.45, 7) is 0.457. The summed E-state index contributed by atoms with van der Waals surface area (Å²) in [6, 6.07) is 9.49. The Kier molecular flexibility index (Phi) is 8.08. The fraction of sp³-hybridized carbons (Fsp3) is 0.429. The van der Waals surface area contributed by atoms with E-state index in [9.17, 15) is 17.2 Å². The van der Waals surface area contributed by atoms with Crippen LogP contribution < -0.4 is 18.9 Å². The quantitative estimate of drug-likeness (QED) is 0.505. The number of alkyl halides is 2. The molecule has 0 aromatic heterocycles. The van der Waals surface area contributed by atoms with Gasteiger partial charge in [0.05, 0.1) is 28.4 Å². The molecule has 172 valence electrons. The Morgan fingerprint density at radius 2 is 1.23 bits per heavy atom. The number of nitrogens with zero attached hydrogens (tertiary/aromatic N) is 1. The first-order chi connectivity index (χ1) is 14.6. The Morgan fingerprint density at radius 3 is 1.55 bits per heavy atom. The van der Waals surface area contributed by atoms with Gasteiger partial charge in [-0.05, 0) is 12.1 Å². The fourth-order valence-corrected chi connectivity index (χ4v) is 4.30. The topological polar surface area (TPSA) is 74.3 Å². The van der Waals surface area contributed by atoms with Gasteiger partial charge in [-0.3, -0.25) is 0 Å². The highest BCUT2D eigenvalue weighted by molar-refractivity contribution is 7.90. The van der Waals surface area contributed by atoms with E-state index >= 15 is 0 Å². The number of rotatable bonds is 11. The summed E-state index contributed by atoms with van der Waals surface area (Å²) in [5, 5.41) is -3.94. The SMILES string of the molecule is CCC(F)(F)S(=O)(=O)N(Cc1ccc(OC)cc1OC)Cc1ccc(OC)cc1OC. The summed E-state index contributed by atoms with van der Waals surface area (Å²) in [5.41, 5.74) is 0.817. The molecule has 7 nitrogen and oxygen atoms in total. The van der Waals surface area contributed by atoms with Crippen molar-refractivity contribution in [1.29, 1.82) is 0 Å². The van der Waals surface area contributed by atoms with Crippen molar-refractivity contribution < 1.29 is 36.1 Å². The highest BCUT2D eigenvalue weighted by atomic mass is 32.2. The average Bonchev–Trinajstić information content (AvgIpc) is 2.78. The number of ether oxygens (including phenoxy) is 4. The van der Waals surface area contributed by atoms with Crippen LogP contribution in [-0.4, -0.2) is 46.4 Å². The van der Waals surface area contributed by atoms with Crippen LogP contribution in [0.25, 0.3) is 0 Å². The Bertz CT molecular complexity index is 940. The predicted molar refractivity (Wildman–Crippen MR) is 112 cm³/mol. The van der Waals surface area contributed by atoms with Crippen molar-refractivity contribution in [3.63, 3.8) is 0 Å². The molecule has 0 saturated heterocycles. The second kappa shape index (κ2) is 10.1. The van der Waals surface area contributed by atoms with Gasteiger partial charge >= 0.3 is 5.25 Å². The van der Waals surface area contributed by atoms with Crippen LogP contribution in [0.2, 0.25) is 0 Å². The van der Waals surface area contributed by atoms with Crippen molar-refractivity contribution in [2.24, 2.45) is 0 Å². The lowest BCUT2D eigenvalue weighted by atomic mass is 10.1. The predicted octanol–water partition coefficient (Wildman–Crippen LogP) is 4.06. The molecule has 0 amide bonds. The number of methoxy groups -OCH3 is 4. The first kappa shape index (κ1) is 24.7. The number of hydrogen-bond donors (Lipinski definition) is 0. The van der Waals surface area contributed by atoms with Gasteiger partial charge < -0.3 is 18.9 Å². The molecule has 0 aliphatic carbocycles. The first-order valence-electron chi connectivity index (χ1n) is 9.42. The zero-order chi connectivity index (χ0) is 23.2. The van der Waals surface area contributed by atoms with Gasteiger partial charge in [-0.1, -0.05) is 19.1 Å². The van der Waals surface area contributed by atoms with E-state index in [4.69, 9.17) is 18.9 Å². The van der Waals surface area contributed by atoms with Crippen molar-refractivity contribution in [2.75, 3.05) is 28.4 Å². The number of halogens is 2. The van der Waals surface area contributed by atoms with Crippen LogP contribution in [-0.2, 0) is 23.1 Å². The Labute approximate surface area is 181 Å². The van der Waals surface area contributed by atoms with Crippen molar-refractivity contribution in [1.82, 2.24) is 4.31 Å². The fourth-order valence-electron chi connectivity index (χ4n) is 2.94. The normalized spacial score (nSPS) is 12.0.